The molecule has 2 saturated carbocycles. The van der Waals surface area contributed by atoms with Crippen LogP contribution in [-0.2, 0) is 14.4 Å². The predicted octanol–water partition coefficient (Wildman–Crippen LogP) is 5.15. The molecular formula is C25H34O4. The first-order chi connectivity index (χ1) is 13.2. The molecule has 3 aliphatic rings. The van der Waals surface area contributed by atoms with Crippen molar-refractivity contribution in [3.8, 4) is 0 Å². The monoisotopic (exact) mass is 398 g/mol. The topological polar surface area (TPSA) is 71.4 Å². The van der Waals surface area contributed by atoms with Crippen LogP contribution in [0.25, 0.3) is 0 Å². The van der Waals surface area contributed by atoms with Gasteiger partial charge in [0.1, 0.15) is 11.3 Å². The van der Waals surface area contributed by atoms with E-state index in [4.69, 9.17) is 0 Å². The number of aliphatic hydroxyl groups is 1. The van der Waals surface area contributed by atoms with Gasteiger partial charge in [-0.25, -0.2) is 0 Å². The molecule has 1 N–H and O–H groups in total. The third-order valence-corrected chi connectivity index (χ3v) is 7.86. The molecule has 0 amide bonds. The number of aliphatic hydroxyl groups excluding tert-OH is 1. The van der Waals surface area contributed by atoms with Crippen LogP contribution in [0.3, 0.4) is 0 Å². The van der Waals surface area contributed by atoms with Gasteiger partial charge in [-0.3, -0.25) is 14.4 Å². The van der Waals surface area contributed by atoms with E-state index in [-0.39, 0.29) is 40.1 Å². The van der Waals surface area contributed by atoms with E-state index in [1.54, 1.807) is 13.8 Å². The molecule has 0 heterocycles. The van der Waals surface area contributed by atoms with Gasteiger partial charge >= 0.3 is 0 Å². The molecule has 2 bridgehead atoms. The summed E-state index contributed by atoms with van der Waals surface area (Å²) >= 11 is 0. The molecule has 3 aliphatic carbocycles. The molecule has 3 rings (SSSR count). The first-order valence-electron chi connectivity index (χ1n) is 10.6. The maximum atomic E-state index is 14.0. The first-order valence-corrected chi connectivity index (χ1v) is 10.6. The van der Waals surface area contributed by atoms with Gasteiger partial charge in [0, 0.05) is 5.92 Å². The number of rotatable bonds is 5. The lowest BCUT2D eigenvalue weighted by atomic mass is 9.62. The van der Waals surface area contributed by atoms with Crippen LogP contribution in [0, 0.1) is 34.0 Å². The standard InChI is InChI=1S/C25H34O4/c1-13(2)9-10-24-12-17-23(7,8)16(14(3)4)11-25(17,22(24)29)21(28)18(20(24)27)19(26)15(5)6/h9,15-17,27H,3,10-12H2,1-2,4-8H3. The lowest BCUT2D eigenvalue weighted by Gasteiger charge is -2.37. The Morgan fingerprint density at radius 1 is 1.21 bits per heavy atom. The fourth-order valence-electron chi connectivity index (χ4n) is 6.27. The molecule has 4 atom stereocenters. The molecule has 4 heteroatoms. The first kappa shape index (κ1) is 21.7. The Morgan fingerprint density at radius 2 is 1.79 bits per heavy atom. The molecule has 0 aromatic rings. The molecule has 0 radical (unpaired) electrons. The van der Waals surface area contributed by atoms with Gasteiger partial charge in [0.25, 0.3) is 0 Å². The van der Waals surface area contributed by atoms with Gasteiger partial charge in [0.15, 0.2) is 17.3 Å². The number of Topliss-reactive ketones (excluding diaryl/α,β-unsaturated/α-hetero) is 3. The highest BCUT2D eigenvalue weighted by Gasteiger charge is 2.77. The second kappa shape index (κ2) is 6.52. The van der Waals surface area contributed by atoms with Gasteiger partial charge in [0.05, 0.1) is 10.8 Å². The van der Waals surface area contributed by atoms with Crippen molar-refractivity contribution in [1.82, 2.24) is 0 Å². The highest BCUT2D eigenvalue weighted by atomic mass is 16.3. The van der Waals surface area contributed by atoms with Crippen molar-refractivity contribution in [3.05, 3.63) is 35.1 Å². The van der Waals surface area contributed by atoms with Gasteiger partial charge < -0.3 is 5.11 Å². The van der Waals surface area contributed by atoms with Crippen LogP contribution >= 0.6 is 0 Å². The molecule has 2 fully saturated rings. The minimum absolute atomic E-state index is 0.0255. The molecule has 1 spiro atoms. The molecule has 29 heavy (non-hydrogen) atoms. The molecule has 4 nitrogen and oxygen atoms in total. The molecule has 0 aromatic carbocycles. The smallest absolute Gasteiger partial charge is 0.183 e. The Hall–Kier alpha value is -1.97. The SMILES string of the molecule is C=C(C)C1CC23C(=O)C(C(=O)C(C)C)=C(O)C(CC=C(C)C)(CC2C1(C)C)C3=O. The van der Waals surface area contributed by atoms with Crippen LogP contribution in [0.15, 0.2) is 35.1 Å². The lowest BCUT2D eigenvalue weighted by molar-refractivity contribution is -0.144. The highest BCUT2D eigenvalue weighted by molar-refractivity contribution is 6.32. The summed E-state index contributed by atoms with van der Waals surface area (Å²) in [6, 6.07) is 0. The van der Waals surface area contributed by atoms with Crippen molar-refractivity contribution in [2.24, 2.45) is 34.0 Å². The summed E-state index contributed by atoms with van der Waals surface area (Å²) in [6.07, 6.45) is 3.06. The Bertz CT molecular complexity index is 880. The number of ketones is 3. The number of hydrogen-bond acceptors (Lipinski definition) is 4. The van der Waals surface area contributed by atoms with Gasteiger partial charge in [-0.05, 0) is 57.3 Å². The van der Waals surface area contributed by atoms with Gasteiger partial charge in [-0.2, -0.15) is 0 Å². The average Bonchev–Trinajstić information content (AvgIpc) is 2.97. The Balaban J connectivity index is 2.30. The number of carbonyl (C=O) groups excluding carboxylic acids is 3. The summed E-state index contributed by atoms with van der Waals surface area (Å²) in [7, 11) is 0. The largest absolute Gasteiger partial charge is 0.510 e. The third kappa shape index (κ3) is 2.60. The summed E-state index contributed by atoms with van der Waals surface area (Å²) < 4.78 is 0. The van der Waals surface area contributed by atoms with Crippen LogP contribution < -0.4 is 0 Å². The van der Waals surface area contributed by atoms with Crippen LogP contribution in [0.1, 0.15) is 67.7 Å². The van der Waals surface area contributed by atoms with E-state index in [0.29, 0.717) is 19.3 Å². The Labute approximate surface area is 174 Å². The second-order valence-electron chi connectivity index (χ2n) is 10.6. The molecule has 158 valence electrons. The van der Waals surface area contributed by atoms with Crippen molar-refractivity contribution >= 4 is 17.3 Å². The van der Waals surface area contributed by atoms with E-state index in [1.807, 2.05) is 26.8 Å². The number of allylic oxidation sites excluding steroid dienone is 5. The van der Waals surface area contributed by atoms with E-state index < -0.39 is 22.5 Å². The molecule has 4 unspecified atom stereocenters. The molecule has 0 saturated heterocycles. The van der Waals surface area contributed by atoms with E-state index in [1.165, 1.54) is 0 Å². The maximum Gasteiger partial charge on any atom is 0.183 e. The fourth-order valence-corrected chi connectivity index (χ4v) is 6.27. The summed E-state index contributed by atoms with van der Waals surface area (Å²) in [5.74, 6) is -1.91. The predicted molar refractivity (Wildman–Crippen MR) is 113 cm³/mol. The van der Waals surface area contributed by atoms with Crippen LogP contribution in [0.5, 0.6) is 0 Å². The van der Waals surface area contributed by atoms with E-state index in [0.717, 1.165) is 11.1 Å². The highest BCUT2D eigenvalue weighted by Crippen LogP contribution is 2.72. The van der Waals surface area contributed by atoms with Gasteiger partial charge in [-0.1, -0.05) is 51.5 Å². The minimum atomic E-state index is -1.23. The maximum absolute atomic E-state index is 14.0. The van der Waals surface area contributed by atoms with Crippen LogP contribution in [0.2, 0.25) is 0 Å². The Kier molecular flexibility index (Phi) is 4.88. The van der Waals surface area contributed by atoms with Crippen molar-refractivity contribution in [2.45, 2.75) is 67.7 Å². The third-order valence-electron chi connectivity index (χ3n) is 7.86. The van der Waals surface area contributed by atoms with Crippen LogP contribution in [0.4, 0.5) is 0 Å². The van der Waals surface area contributed by atoms with Gasteiger partial charge in [-0.15, -0.1) is 0 Å². The molecule has 0 aliphatic heterocycles. The molecular weight excluding hydrogens is 364 g/mol. The fraction of sp³-hybridized carbons (Fsp3) is 0.640. The van der Waals surface area contributed by atoms with Gasteiger partial charge in [0.2, 0.25) is 0 Å². The number of hydrogen-bond donors (Lipinski definition) is 1. The molecule has 0 aromatic heterocycles. The van der Waals surface area contributed by atoms with Crippen molar-refractivity contribution in [3.63, 3.8) is 0 Å². The summed E-state index contributed by atoms with van der Waals surface area (Å²) in [4.78, 5) is 40.7. The van der Waals surface area contributed by atoms with Crippen molar-refractivity contribution in [2.75, 3.05) is 0 Å². The summed E-state index contributed by atoms with van der Waals surface area (Å²) in [6.45, 7) is 17.6. The quantitative estimate of drug-likeness (QED) is 0.395. The zero-order valence-electron chi connectivity index (χ0n) is 18.8. The zero-order chi connectivity index (χ0) is 22.1. The summed E-state index contributed by atoms with van der Waals surface area (Å²) in [5, 5.41) is 11.2. The Morgan fingerprint density at radius 3 is 2.28 bits per heavy atom. The second-order valence-corrected chi connectivity index (χ2v) is 10.6. The summed E-state index contributed by atoms with van der Waals surface area (Å²) in [5.41, 5.74) is -0.839. The van der Waals surface area contributed by atoms with Crippen molar-refractivity contribution < 1.29 is 19.5 Å². The van der Waals surface area contributed by atoms with E-state index in [9.17, 15) is 19.5 Å². The van der Waals surface area contributed by atoms with Crippen LogP contribution in [-0.4, -0.2) is 22.5 Å². The zero-order valence-corrected chi connectivity index (χ0v) is 18.8. The number of fused-ring (bicyclic) bond motifs is 1. The number of carbonyl (C=O) groups is 3. The van der Waals surface area contributed by atoms with Crippen molar-refractivity contribution in [1.29, 1.82) is 0 Å². The normalized spacial score (nSPS) is 35.2. The lowest BCUT2D eigenvalue weighted by Crippen LogP contribution is -2.50. The average molecular weight is 399 g/mol. The van der Waals surface area contributed by atoms with E-state index >= 15 is 0 Å². The van der Waals surface area contributed by atoms with E-state index in [2.05, 4.69) is 20.4 Å². The minimum Gasteiger partial charge on any atom is -0.510 e.